The number of hydrogen-bond acceptors (Lipinski definition) is 5. The molecule has 0 saturated carbocycles. The van der Waals surface area contributed by atoms with Gasteiger partial charge in [0.2, 0.25) is 5.88 Å². The fraction of sp³-hybridized carbons (Fsp3) is 0.278. The van der Waals surface area contributed by atoms with E-state index in [1.54, 1.807) is 37.3 Å². The van der Waals surface area contributed by atoms with Gasteiger partial charge >= 0.3 is 5.97 Å². The predicted octanol–water partition coefficient (Wildman–Crippen LogP) is 3.48. The Morgan fingerprint density at radius 3 is 2.84 bits per heavy atom. The van der Waals surface area contributed by atoms with E-state index in [-0.39, 0.29) is 12.4 Å². The number of methoxy groups -OCH3 is 1. The fourth-order valence-corrected chi connectivity index (χ4v) is 2.83. The van der Waals surface area contributed by atoms with Crippen LogP contribution in [-0.2, 0) is 23.0 Å². The van der Waals surface area contributed by atoms with Gasteiger partial charge in [0.15, 0.2) is 11.9 Å². The summed E-state index contributed by atoms with van der Waals surface area (Å²) in [5.74, 6) is 0.744. The molecule has 7 heteroatoms. The van der Waals surface area contributed by atoms with Crippen LogP contribution in [0.3, 0.4) is 0 Å². The molecule has 0 fully saturated rings. The number of carbonyl (C=O) groups excluding carboxylic acids is 1. The molecular weight excluding hydrogens is 342 g/mol. The Balaban J connectivity index is 1.74. The zero-order chi connectivity index (χ0) is 18.0. The molecule has 1 aromatic carbocycles. The number of nitrogens with zero attached hydrogens (tertiary/aromatic N) is 3. The summed E-state index contributed by atoms with van der Waals surface area (Å²) in [5.41, 5.74) is 2.28. The lowest BCUT2D eigenvalue weighted by molar-refractivity contribution is -0.148. The molecule has 0 spiro atoms. The average molecular weight is 360 g/mol. The average Bonchev–Trinajstić information content (AvgIpc) is 2.91. The van der Waals surface area contributed by atoms with E-state index in [0.717, 1.165) is 11.0 Å². The van der Waals surface area contributed by atoms with Gasteiger partial charge in [-0.2, -0.15) is 0 Å². The van der Waals surface area contributed by atoms with Crippen LogP contribution in [-0.4, -0.2) is 27.6 Å². The lowest BCUT2D eigenvalue weighted by Crippen LogP contribution is -2.15. The number of aryl methyl sites for hydroxylation is 1. The maximum absolute atomic E-state index is 12.2. The number of fused-ring (bicyclic) bond motifs is 1. The van der Waals surface area contributed by atoms with Gasteiger partial charge in [0, 0.05) is 18.1 Å². The molecule has 3 aromatic rings. The van der Waals surface area contributed by atoms with Crippen LogP contribution >= 0.6 is 11.6 Å². The Labute approximate surface area is 150 Å². The van der Waals surface area contributed by atoms with E-state index >= 15 is 0 Å². The monoisotopic (exact) mass is 359 g/mol. The van der Waals surface area contributed by atoms with E-state index in [0.29, 0.717) is 22.4 Å². The van der Waals surface area contributed by atoms with Gasteiger partial charge in [-0.1, -0.05) is 17.7 Å². The van der Waals surface area contributed by atoms with E-state index < -0.39 is 6.10 Å². The van der Waals surface area contributed by atoms with E-state index in [9.17, 15) is 4.79 Å². The molecule has 0 amide bonds. The van der Waals surface area contributed by atoms with Crippen molar-refractivity contribution >= 4 is 28.6 Å². The molecule has 0 aliphatic carbocycles. The van der Waals surface area contributed by atoms with E-state index in [2.05, 4.69) is 9.97 Å². The molecule has 0 bridgehead atoms. The number of benzene rings is 1. The largest absolute Gasteiger partial charge is 0.481 e. The SMILES string of the molecule is COc1cccc(CC(=O)OC(C)c2nc3cc(Cl)ccc3n2C)n1. The number of rotatable bonds is 5. The fourth-order valence-electron chi connectivity index (χ4n) is 2.66. The molecule has 25 heavy (non-hydrogen) atoms. The van der Waals surface area contributed by atoms with Crippen molar-refractivity contribution in [3.63, 3.8) is 0 Å². The Hall–Kier alpha value is -2.60. The maximum Gasteiger partial charge on any atom is 0.312 e. The molecule has 0 saturated heterocycles. The van der Waals surface area contributed by atoms with Crippen molar-refractivity contribution in [1.82, 2.24) is 14.5 Å². The van der Waals surface area contributed by atoms with Crippen molar-refractivity contribution in [2.45, 2.75) is 19.4 Å². The molecule has 2 aromatic heterocycles. The van der Waals surface area contributed by atoms with Gasteiger partial charge in [-0.25, -0.2) is 9.97 Å². The normalized spacial score (nSPS) is 12.2. The molecule has 1 unspecified atom stereocenters. The number of pyridine rings is 1. The molecular formula is C18H18ClN3O3. The molecule has 3 rings (SSSR count). The highest BCUT2D eigenvalue weighted by Gasteiger charge is 2.19. The summed E-state index contributed by atoms with van der Waals surface area (Å²) < 4.78 is 12.5. The Bertz CT molecular complexity index is 923. The van der Waals surface area contributed by atoms with E-state index in [1.165, 1.54) is 7.11 Å². The van der Waals surface area contributed by atoms with Crippen LogP contribution in [0.2, 0.25) is 5.02 Å². The number of aromatic nitrogens is 3. The molecule has 130 valence electrons. The van der Waals surface area contributed by atoms with E-state index in [1.807, 2.05) is 17.7 Å². The first kappa shape index (κ1) is 17.2. The quantitative estimate of drug-likeness (QED) is 0.652. The predicted molar refractivity (Wildman–Crippen MR) is 94.7 cm³/mol. The van der Waals surface area contributed by atoms with Gasteiger partial charge in [0.25, 0.3) is 0 Å². The highest BCUT2D eigenvalue weighted by atomic mass is 35.5. The Kier molecular flexibility index (Phi) is 4.90. The minimum Gasteiger partial charge on any atom is -0.481 e. The smallest absolute Gasteiger partial charge is 0.312 e. The Morgan fingerprint density at radius 1 is 1.28 bits per heavy atom. The van der Waals surface area contributed by atoms with Crippen molar-refractivity contribution in [3.05, 3.63) is 52.9 Å². The number of carbonyl (C=O) groups is 1. The first-order chi connectivity index (χ1) is 12.0. The molecule has 2 heterocycles. The summed E-state index contributed by atoms with van der Waals surface area (Å²) in [6.45, 7) is 1.79. The summed E-state index contributed by atoms with van der Waals surface area (Å²) in [5, 5.41) is 0.617. The molecule has 0 aliphatic heterocycles. The minimum absolute atomic E-state index is 0.0668. The third-order valence-corrected chi connectivity index (χ3v) is 4.10. The van der Waals surface area contributed by atoms with Gasteiger partial charge in [0.1, 0.15) is 0 Å². The number of halogens is 1. The van der Waals surface area contributed by atoms with Crippen LogP contribution < -0.4 is 4.74 Å². The van der Waals surface area contributed by atoms with Gasteiger partial charge in [0.05, 0.1) is 30.3 Å². The van der Waals surface area contributed by atoms with Crippen LogP contribution in [0.15, 0.2) is 36.4 Å². The second-order valence-corrected chi connectivity index (χ2v) is 6.08. The first-order valence-corrected chi connectivity index (χ1v) is 8.17. The summed E-state index contributed by atoms with van der Waals surface area (Å²) >= 11 is 6.01. The second-order valence-electron chi connectivity index (χ2n) is 5.64. The van der Waals surface area contributed by atoms with Gasteiger partial charge in [-0.3, -0.25) is 4.79 Å². The lowest BCUT2D eigenvalue weighted by atomic mass is 10.2. The second kappa shape index (κ2) is 7.11. The third kappa shape index (κ3) is 3.74. The highest BCUT2D eigenvalue weighted by Crippen LogP contribution is 2.24. The topological polar surface area (TPSA) is 66.2 Å². The van der Waals surface area contributed by atoms with Gasteiger partial charge < -0.3 is 14.0 Å². The lowest BCUT2D eigenvalue weighted by Gasteiger charge is -2.13. The first-order valence-electron chi connectivity index (χ1n) is 7.79. The molecule has 0 radical (unpaired) electrons. The number of hydrogen-bond donors (Lipinski definition) is 0. The van der Waals surface area contributed by atoms with Crippen LogP contribution in [0.1, 0.15) is 24.5 Å². The van der Waals surface area contributed by atoms with Crippen molar-refractivity contribution in [2.75, 3.05) is 7.11 Å². The van der Waals surface area contributed by atoms with Gasteiger partial charge in [-0.05, 0) is 31.2 Å². The van der Waals surface area contributed by atoms with Crippen molar-refractivity contribution in [3.8, 4) is 5.88 Å². The number of ether oxygens (including phenoxy) is 2. The summed E-state index contributed by atoms with van der Waals surface area (Å²) in [6.07, 6.45) is -0.425. The molecule has 6 nitrogen and oxygen atoms in total. The third-order valence-electron chi connectivity index (χ3n) is 3.87. The van der Waals surface area contributed by atoms with Crippen LogP contribution in [0.5, 0.6) is 5.88 Å². The summed E-state index contributed by atoms with van der Waals surface area (Å²) in [6, 6.07) is 10.7. The zero-order valence-corrected chi connectivity index (χ0v) is 14.9. The van der Waals surface area contributed by atoms with Crippen molar-refractivity contribution in [1.29, 1.82) is 0 Å². The van der Waals surface area contributed by atoms with Crippen molar-refractivity contribution in [2.24, 2.45) is 7.05 Å². The standard InChI is InChI=1S/C18H18ClN3O3/c1-11(18-21-14-9-12(19)7-8-15(14)22(18)2)25-17(23)10-13-5-4-6-16(20-13)24-3/h4-9,11H,10H2,1-3H3. The van der Waals surface area contributed by atoms with E-state index in [4.69, 9.17) is 21.1 Å². The maximum atomic E-state index is 12.2. The van der Waals surface area contributed by atoms with Crippen LogP contribution in [0.4, 0.5) is 0 Å². The number of imidazole rings is 1. The molecule has 0 aliphatic rings. The number of esters is 1. The summed E-state index contributed by atoms with van der Waals surface area (Å²) in [7, 11) is 3.41. The highest BCUT2D eigenvalue weighted by molar-refractivity contribution is 6.31. The van der Waals surface area contributed by atoms with Gasteiger partial charge in [-0.15, -0.1) is 0 Å². The minimum atomic E-state index is -0.491. The Morgan fingerprint density at radius 2 is 2.08 bits per heavy atom. The summed E-state index contributed by atoms with van der Waals surface area (Å²) in [4.78, 5) is 21.0. The zero-order valence-electron chi connectivity index (χ0n) is 14.2. The molecule has 1 atom stereocenters. The van der Waals surface area contributed by atoms with Crippen molar-refractivity contribution < 1.29 is 14.3 Å². The van der Waals surface area contributed by atoms with Crippen LogP contribution in [0.25, 0.3) is 11.0 Å². The molecule has 0 N–H and O–H groups in total. The van der Waals surface area contributed by atoms with Crippen LogP contribution in [0, 0.1) is 0 Å².